The van der Waals surface area contributed by atoms with E-state index in [9.17, 15) is 14.7 Å². The van der Waals surface area contributed by atoms with Gasteiger partial charge < -0.3 is 38.8 Å². The van der Waals surface area contributed by atoms with Gasteiger partial charge in [-0.05, 0) is 56.0 Å². The Morgan fingerprint density at radius 2 is 1.57 bits per heavy atom. The second-order valence-corrected chi connectivity index (χ2v) is 11.6. The van der Waals surface area contributed by atoms with Crippen LogP contribution in [0.1, 0.15) is 44.7 Å². The summed E-state index contributed by atoms with van der Waals surface area (Å²) in [5.41, 5.74) is 2.88. The van der Waals surface area contributed by atoms with Crippen LogP contribution >= 0.6 is 12.6 Å². The highest BCUT2D eigenvalue weighted by Crippen LogP contribution is 2.40. The molecule has 2 N–H and O–H groups in total. The molecule has 0 spiro atoms. The molecule has 0 saturated heterocycles. The minimum absolute atomic E-state index is 0.164. The van der Waals surface area contributed by atoms with Crippen molar-refractivity contribution in [1.82, 2.24) is 5.32 Å². The van der Waals surface area contributed by atoms with Gasteiger partial charge in [0.1, 0.15) is 22.5 Å². The first-order valence-electron chi connectivity index (χ1n) is 13.8. The Bertz CT molecular complexity index is 1100. The lowest BCUT2D eigenvalue weighted by Gasteiger charge is -2.29. The van der Waals surface area contributed by atoms with E-state index in [0.717, 1.165) is 22.3 Å². The van der Waals surface area contributed by atoms with Crippen molar-refractivity contribution in [2.75, 3.05) is 47.8 Å². The molecule has 0 fully saturated rings. The number of thiol groups is 1. The molecule has 0 aliphatic carbocycles. The van der Waals surface area contributed by atoms with Crippen molar-refractivity contribution in [3.63, 3.8) is 0 Å². The summed E-state index contributed by atoms with van der Waals surface area (Å²) in [6, 6.07) is 10.2. The molecule has 0 aliphatic rings. The molecule has 2 atom stereocenters. The molecule has 42 heavy (non-hydrogen) atoms. The zero-order valence-corrected chi connectivity index (χ0v) is 26.3. The van der Waals surface area contributed by atoms with E-state index in [1.54, 1.807) is 21.3 Å². The number of hydrogen-bond donors (Lipinski definition) is 3. The normalized spacial score (nSPS) is 13.7. The molecule has 0 aromatic heterocycles. The molecule has 0 bridgehead atoms. The number of carboxylic acid groups (broad SMARTS) is 1. The van der Waals surface area contributed by atoms with E-state index in [1.807, 2.05) is 57.2 Å². The van der Waals surface area contributed by atoms with Crippen molar-refractivity contribution >= 4 is 25.0 Å². The SMILES string of the molecule is COCCC(C)(S)OCCC(C)(C)OCCOCc1cc(OC)c(-c2ccc(C[C@H](NC=O)C(=O)O)cc2)c(OC)c1. The third kappa shape index (κ3) is 11.8. The highest BCUT2D eigenvalue weighted by molar-refractivity contribution is 7.81. The number of amides is 1. The summed E-state index contributed by atoms with van der Waals surface area (Å²) in [4.78, 5) is 21.5. The number of methoxy groups -OCH3 is 3. The molecule has 0 saturated carbocycles. The lowest BCUT2D eigenvalue weighted by Crippen LogP contribution is -2.37. The van der Waals surface area contributed by atoms with Gasteiger partial charge in [-0.3, -0.25) is 4.79 Å². The number of benzene rings is 2. The number of carbonyl (C=O) groups excluding carboxylic acids is 1. The number of rotatable bonds is 21. The molecule has 2 rings (SSSR count). The van der Waals surface area contributed by atoms with Crippen LogP contribution in [0.3, 0.4) is 0 Å². The predicted octanol–water partition coefficient (Wildman–Crippen LogP) is 4.51. The summed E-state index contributed by atoms with van der Waals surface area (Å²) in [7, 11) is 4.84. The number of ether oxygens (including phenoxy) is 6. The Hall–Kier alpha value is -2.83. The van der Waals surface area contributed by atoms with E-state index >= 15 is 0 Å². The molecular weight excluding hydrogens is 562 g/mol. The molecule has 1 amide bonds. The maximum atomic E-state index is 11.3. The summed E-state index contributed by atoms with van der Waals surface area (Å²) in [6.45, 7) is 8.26. The first kappa shape index (κ1) is 35.4. The Morgan fingerprint density at radius 1 is 0.929 bits per heavy atom. The van der Waals surface area contributed by atoms with Gasteiger partial charge in [0.25, 0.3) is 0 Å². The molecule has 234 valence electrons. The van der Waals surface area contributed by atoms with Gasteiger partial charge in [-0.2, -0.15) is 0 Å². The lowest BCUT2D eigenvalue weighted by atomic mass is 9.98. The minimum atomic E-state index is -1.09. The molecule has 0 radical (unpaired) electrons. The number of aliphatic carboxylic acids is 1. The van der Waals surface area contributed by atoms with Gasteiger partial charge in [-0.15, -0.1) is 12.6 Å². The Labute approximate surface area is 254 Å². The van der Waals surface area contributed by atoms with Gasteiger partial charge in [0.05, 0.1) is 51.8 Å². The zero-order valence-electron chi connectivity index (χ0n) is 25.4. The van der Waals surface area contributed by atoms with Crippen molar-refractivity contribution < 1.29 is 43.1 Å². The predicted molar refractivity (Wildman–Crippen MR) is 163 cm³/mol. The zero-order chi connectivity index (χ0) is 31.2. The van der Waals surface area contributed by atoms with Gasteiger partial charge in [0.15, 0.2) is 0 Å². The molecule has 0 aliphatic heterocycles. The van der Waals surface area contributed by atoms with Crippen LogP contribution in [0.4, 0.5) is 0 Å². The monoisotopic (exact) mass is 607 g/mol. The Morgan fingerprint density at radius 3 is 2.12 bits per heavy atom. The average Bonchev–Trinajstić information content (AvgIpc) is 2.95. The summed E-state index contributed by atoms with van der Waals surface area (Å²) in [6.07, 6.45) is 1.96. The summed E-state index contributed by atoms with van der Waals surface area (Å²) >= 11 is 4.56. The van der Waals surface area contributed by atoms with Crippen LogP contribution in [0.25, 0.3) is 11.1 Å². The third-order valence-electron chi connectivity index (χ3n) is 6.69. The molecule has 2 aromatic carbocycles. The number of carboxylic acids is 1. The van der Waals surface area contributed by atoms with Crippen LogP contribution in [0.15, 0.2) is 36.4 Å². The third-order valence-corrected chi connectivity index (χ3v) is 7.04. The maximum absolute atomic E-state index is 11.3. The maximum Gasteiger partial charge on any atom is 0.326 e. The van der Waals surface area contributed by atoms with Crippen LogP contribution in [0.5, 0.6) is 11.5 Å². The van der Waals surface area contributed by atoms with Gasteiger partial charge in [0.2, 0.25) is 6.41 Å². The van der Waals surface area contributed by atoms with Gasteiger partial charge >= 0.3 is 5.97 Å². The number of carbonyl (C=O) groups is 2. The van der Waals surface area contributed by atoms with Gasteiger partial charge in [0, 0.05) is 26.6 Å². The molecule has 1 unspecified atom stereocenters. The highest BCUT2D eigenvalue weighted by atomic mass is 32.1. The van der Waals surface area contributed by atoms with E-state index in [4.69, 9.17) is 28.4 Å². The molecule has 0 heterocycles. The number of hydrogen-bond acceptors (Lipinski definition) is 9. The van der Waals surface area contributed by atoms with Crippen molar-refractivity contribution in [3.05, 3.63) is 47.5 Å². The van der Waals surface area contributed by atoms with Gasteiger partial charge in [-0.25, -0.2) is 4.79 Å². The van der Waals surface area contributed by atoms with E-state index in [-0.39, 0.29) is 12.0 Å². The van der Waals surface area contributed by atoms with Crippen LogP contribution in [-0.2, 0) is 41.6 Å². The summed E-state index contributed by atoms with van der Waals surface area (Å²) in [5.74, 6) is 0.139. The minimum Gasteiger partial charge on any atom is -0.496 e. The van der Waals surface area contributed by atoms with E-state index in [2.05, 4.69) is 17.9 Å². The molecule has 11 heteroatoms. The van der Waals surface area contributed by atoms with Crippen molar-refractivity contribution in [1.29, 1.82) is 0 Å². The van der Waals surface area contributed by atoms with E-state index < -0.39 is 16.9 Å². The standard InChI is InChI=1S/C31H45NO9S/c1-30(2,11-14-41-31(3,42)12-13-36-4)40-16-15-39-20-23-18-26(37-5)28(27(19-23)38-6)24-9-7-22(8-10-24)17-25(29(34)35)32-21-33/h7-10,18-19,21,25,42H,11-17,20H2,1-6H3,(H,32,33)(H,34,35)/t25-,31?/m0/s1. The van der Waals surface area contributed by atoms with Crippen LogP contribution in [0.2, 0.25) is 0 Å². The van der Waals surface area contributed by atoms with E-state index in [0.29, 0.717) is 63.8 Å². The van der Waals surface area contributed by atoms with Crippen LogP contribution < -0.4 is 14.8 Å². The van der Waals surface area contributed by atoms with Crippen molar-refractivity contribution in [2.24, 2.45) is 0 Å². The van der Waals surface area contributed by atoms with Crippen molar-refractivity contribution in [2.45, 2.75) is 63.2 Å². The first-order chi connectivity index (χ1) is 19.9. The summed E-state index contributed by atoms with van der Waals surface area (Å²) in [5, 5.41) is 11.6. The van der Waals surface area contributed by atoms with Crippen LogP contribution in [-0.4, -0.2) is 81.8 Å². The molecule has 10 nitrogen and oxygen atoms in total. The second-order valence-electron chi connectivity index (χ2n) is 10.6. The Balaban J connectivity index is 1.94. The topological polar surface area (TPSA) is 122 Å². The average molecular weight is 608 g/mol. The van der Waals surface area contributed by atoms with E-state index in [1.165, 1.54) is 0 Å². The molecular formula is C31H45NO9S. The fourth-order valence-corrected chi connectivity index (χ4v) is 4.38. The smallest absolute Gasteiger partial charge is 0.326 e. The fourth-order valence-electron chi connectivity index (χ4n) is 4.20. The second kappa shape index (κ2) is 17.3. The first-order valence-corrected chi connectivity index (χ1v) is 14.2. The number of nitrogens with one attached hydrogen (secondary N) is 1. The Kier molecular flexibility index (Phi) is 14.6. The lowest BCUT2D eigenvalue weighted by molar-refractivity contribution is -0.140. The highest BCUT2D eigenvalue weighted by Gasteiger charge is 2.23. The summed E-state index contributed by atoms with van der Waals surface area (Å²) < 4.78 is 34.3. The van der Waals surface area contributed by atoms with Gasteiger partial charge in [-0.1, -0.05) is 24.3 Å². The fraction of sp³-hybridized carbons (Fsp3) is 0.548. The van der Waals surface area contributed by atoms with Crippen LogP contribution in [0, 0.1) is 0 Å². The quantitative estimate of drug-likeness (QED) is 0.0814. The molecule has 2 aromatic rings. The van der Waals surface area contributed by atoms with Crippen molar-refractivity contribution in [3.8, 4) is 22.6 Å². The largest absolute Gasteiger partial charge is 0.496 e.